The van der Waals surface area contributed by atoms with E-state index in [1.54, 1.807) is 30.3 Å². The molecule has 22 heavy (non-hydrogen) atoms. The fraction of sp³-hybridized carbons (Fsp3) is 0.188. The first-order valence-electron chi connectivity index (χ1n) is 6.82. The van der Waals surface area contributed by atoms with Gasteiger partial charge in [-0.2, -0.15) is 0 Å². The topological polar surface area (TPSA) is 67.6 Å². The number of benzene rings is 1. The number of hydrogen-bond donors (Lipinski definition) is 0. The van der Waals surface area contributed by atoms with Crippen molar-refractivity contribution in [3.8, 4) is 0 Å². The van der Waals surface area contributed by atoms with Crippen molar-refractivity contribution in [2.24, 2.45) is 0 Å². The van der Waals surface area contributed by atoms with E-state index < -0.39 is 17.4 Å². The lowest BCUT2D eigenvalue weighted by molar-refractivity contribution is -0.123. The van der Waals surface area contributed by atoms with Crippen molar-refractivity contribution in [3.05, 3.63) is 56.9 Å². The fourth-order valence-corrected chi connectivity index (χ4v) is 2.79. The number of fused-ring (bicyclic) bond motifs is 1. The zero-order valence-corrected chi connectivity index (χ0v) is 13.1. The lowest BCUT2D eigenvalue weighted by atomic mass is 10.1. The molecular formula is C16H12BrNO4. The van der Waals surface area contributed by atoms with Gasteiger partial charge < -0.3 is 4.42 Å². The van der Waals surface area contributed by atoms with Crippen LogP contribution in [-0.4, -0.2) is 23.3 Å². The maximum absolute atomic E-state index is 12.6. The SMILES string of the molecule is O=C1C(Br)=CCCCN1C(=O)c1cc2ccccc2oc1=O. The zero-order chi connectivity index (χ0) is 15.7. The van der Waals surface area contributed by atoms with Crippen LogP contribution in [0.1, 0.15) is 23.2 Å². The summed E-state index contributed by atoms with van der Waals surface area (Å²) in [6.07, 6.45) is 3.09. The van der Waals surface area contributed by atoms with Crippen LogP contribution in [0.2, 0.25) is 0 Å². The molecule has 1 aliphatic heterocycles. The maximum atomic E-state index is 12.6. The van der Waals surface area contributed by atoms with E-state index in [0.717, 1.165) is 4.90 Å². The molecule has 0 saturated carbocycles. The summed E-state index contributed by atoms with van der Waals surface area (Å²) in [6, 6.07) is 8.40. The Bertz CT molecular complexity index is 853. The second kappa shape index (κ2) is 5.88. The van der Waals surface area contributed by atoms with Gasteiger partial charge >= 0.3 is 5.63 Å². The molecule has 0 unspecified atom stereocenters. The highest BCUT2D eigenvalue weighted by Crippen LogP contribution is 2.19. The Morgan fingerprint density at radius 3 is 2.82 bits per heavy atom. The van der Waals surface area contributed by atoms with Gasteiger partial charge in [-0.3, -0.25) is 14.5 Å². The van der Waals surface area contributed by atoms with Gasteiger partial charge in [0.05, 0.1) is 4.48 Å². The van der Waals surface area contributed by atoms with Crippen molar-refractivity contribution in [1.82, 2.24) is 4.90 Å². The van der Waals surface area contributed by atoms with Crippen molar-refractivity contribution >= 4 is 38.7 Å². The lowest BCUT2D eigenvalue weighted by Crippen LogP contribution is -2.39. The molecule has 1 aromatic carbocycles. The van der Waals surface area contributed by atoms with E-state index in [1.807, 2.05) is 0 Å². The van der Waals surface area contributed by atoms with Crippen LogP contribution in [0.25, 0.3) is 11.0 Å². The molecule has 0 aliphatic carbocycles. The second-order valence-corrected chi connectivity index (χ2v) is 5.80. The quantitative estimate of drug-likeness (QED) is 0.578. The Kier molecular flexibility index (Phi) is 3.94. The number of hydrogen-bond acceptors (Lipinski definition) is 4. The Hall–Kier alpha value is -2.21. The molecule has 1 aliphatic rings. The van der Waals surface area contributed by atoms with E-state index >= 15 is 0 Å². The van der Waals surface area contributed by atoms with E-state index in [4.69, 9.17) is 4.42 Å². The number of allylic oxidation sites excluding steroid dienone is 1. The third-order valence-electron chi connectivity index (χ3n) is 3.48. The maximum Gasteiger partial charge on any atom is 0.349 e. The largest absolute Gasteiger partial charge is 0.422 e. The van der Waals surface area contributed by atoms with E-state index in [-0.39, 0.29) is 12.1 Å². The third kappa shape index (κ3) is 2.62. The van der Waals surface area contributed by atoms with Gasteiger partial charge in [-0.15, -0.1) is 0 Å². The van der Waals surface area contributed by atoms with Crippen LogP contribution in [0.3, 0.4) is 0 Å². The summed E-state index contributed by atoms with van der Waals surface area (Å²) in [4.78, 5) is 37.9. The molecule has 0 fully saturated rings. The van der Waals surface area contributed by atoms with E-state index in [1.165, 1.54) is 6.07 Å². The van der Waals surface area contributed by atoms with E-state index in [2.05, 4.69) is 15.9 Å². The number of halogens is 1. The number of rotatable bonds is 1. The van der Waals surface area contributed by atoms with Gasteiger partial charge in [0.15, 0.2) is 0 Å². The van der Waals surface area contributed by atoms with Gasteiger partial charge in [0.1, 0.15) is 11.1 Å². The monoisotopic (exact) mass is 361 g/mol. The molecule has 1 aromatic heterocycles. The predicted octanol–water partition coefficient (Wildman–Crippen LogP) is 2.83. The number of carbonyl (C=O) groups excluding carboxylic acids is 2. The molecule has 112 valence electrons. The molecule has 0 bridgehead atoms. The van der Waals surface area contributed by atoms with Crippen LogP contribution in [-0.2, 0) is 4.79 Å². The molecule has 0 radical (unpaired) electrons. The minimum atomic E-state index is -0.735. The summed E-state index contributed by atoms with van der Waals surface area (Å²) in [5.41, 5.74) is -0.456. The second-order valence-electron chi connectivity index (χ2n) is 4.94. The molecule has 2 amide bonds. The third-order valence-corrected chi connectivity index (χ3v) is 4.14. The molecule has 2 heterocycles. The van der Waals surface area contributed by atoms with Gasteiger partial charge in [-0.1, -0.05) is 24.3 Å². The average molecular weight is 362 g/mol. The van der Waals surface area contributed by atoms with Crippen molar-refractivity contribution < 1.29 is 14.0 Å². The normalized spacial score (nSPS) is 15.6. The highest BCUT2D eigenvalue weighted by atomic mass is 79.9. The molecule has 5 nitrogen and oxygen atoms in total. The van der Waals surface area contributed by atoms with Gasteiger partial charge in [-0.05, 0) is 40.9 Å². The number of nitrogens with zero attached hydrogens (tertiary/aromatic N) is 1. The van der Waals surface area contributed by atoms with Crippen molar-refractivity contribution in [2.75, 3.05) is 6.54 Å². The predicted molar refractivity (Wildman–Crippen MR) is 84.8 cm³/mol. The first kappa shape index (κ1) is 14.7. The van der Waals surface area contributed by atoms with Crippen LogP contribution in [0.15, 0.2) is 50.1 Å². The Balaban J connectivity index is 2.05. The minimum absolute atomic E-state index is 0.130. The summed E-state index contributed by atoms with van der Waals surface area (Å²) < 4.78 is 5.49. The lowest BCUT2D eigenvalue weighted by Gasteiger charge is -2.18. The fourth-order valence-electron chi connectivity index (χ4n) is 2.35. The van der Waals surface area contributed by atoms with Gasteiger partial charge in [-0.25, -0.2) is 4.79 Å². The molecular weight excluding hydrogens is 350 g/mol. The van der Waals surface area contributed by atoms with Crippen LogP contribution >= 0.6 is 15.9 Å². The van der Waals surface area contributed by atoms with Crippen molar-refractivity contribution in [1.29, 1.82) is 0 Å². The number of carbonyl (C=O) groups is 2. The first-order chi connectivity index (χ1) is 10.6. The number of imide groups is 1. The molecule has 3 rings (SSSR count). The molecule has 0 saturated heterocycles. The summed E-state index contributed by atoms with van der Waals surface area (Å²) in [7, 11) is 0. The van der Waals surface area contributed by atoms with E-state index in [9.17, 15) is 14.4 Å². The number of para-hydroxylation sites is 1. The zero-order valence-electron chi connectivity index (χ0n) is 11.5. The summed E-state index contributed by atoms with van der Waals surface area (Å²) in [6.45, 7) is 0.273. The molecule has 6 heteroatoms. The Morgan fingerprint density at radius 1 is 1.23 bits per heavy atom. The number of amides is 2. The minimum Gasteiger partial charge on any atom is -0.422 e. The van der Waals surface area contributed by atoms with Crippen molar-refractivity contribution in [2.45, 2.75) is 12.8 Å². The van der Waals surface area contributed by atoms with E-state index in [0.29, 0.717) is 28.3 Å². The van der Waals surface area contributed by atoms with Crippen LogP contribution in [0.4, 0.5) is 0 Å². The summed E-state index contributed by atoms with van der Waals surface area (Å²) in [5.74, 6) is -1.06. The van der Waals surface area contributed by atoms with Crippen LogP contribution in [0.5, 0.6) is 0 Å². The molecule has 2 aromatic rings. The van der Waals surface area contributed by atoms with Crippen molar-refractivity contribution in [3.63, 3.8) is 0 Å². The summed E-state index contributed by atoms with van der Waals surface area (Å²) in [5, 5.41) is 0.641. The standard InChI is InChI=1S/C16H12BrNO4/c17-12-6-3-4-8-18(15(12)20)14(19)11-9-10-5-1-2-7-13(10)22-16(11)21/h1-2,5-7,9H,3-4,8H2. The van der Waals surface area contributed by atoms with Gasteiger partial charge in [0.25, 0.3) is 11.8 Å². The smallest absolute Gasteiger partial charge is 0.349 e. The average Bonchev–Trinajstić information content (AvgIpc) is 2.68. The molecule has 0 N–H and O–H groups in total. The highest BCUT2D eigenvalue weighted by molar-refractivity contribution is 9.12. The Labute approximate surface area is 134 Å². The Morgan fingerprint density at radius 2 is 2.00 bits per heavy atom. The van der Waals surface area contributed by atoms with Gasteiger partial charge in [0.2, 0.25) is 0 Å². The molecule has 0 atom stereocenters. The summed E-state index contributed by atoms with van der Waals surface area (Å²) >= 11 is 3.16. The van der Waals surface area contributed by atoms with Gasteiger partial charge in [0, 0.05) is 11.9 Å². The van der Waals surface area contributed by atoms with Crippen LogP contribution < -0.4 is 5.63 Å². The first-order valence-corrected chi connectivity index (χ1v) is 7.62. The molecule has 0 spiro atoms. The highest BCUT2D eigenvalue weighted by Gasteiger charge is 2.28. The van der Waals surface area contributed by atoms with Crippen LogP contribution in [0, 0.1) is 0 Å².